The minimum atomic E-state index is -2.90. The van der Waals surface area contributed by atoms with E-state index in [1.54, 1.807) is 13.0 Å². The van der Waals surface area contributed by atoms with Gasteiger partial charge in [-0.15, -0.1) is 0 Å². The minimum Gasteiger partial charge on any atom is -0.433 e. The van der Waals surface area contributed by atoms with Crippen molar-refractivity contribution in [3.8, 4) is 5.75 Å². The number of rotatable bonds is 3. The molecule has 1 heterocycles. The van der Waals surface area contributed by atoms with E-state index in [0.717, 1.165) is 0 Å². The SMILES string of the molecule is CCn1[nH]c(=O)c2cccc(OC(F)F)c21. The number of benzene rings is 1. The van der Waals surface area contributed by atoms with E-state index in [-0.39, 0.29) is 11.3 Å². The molecule has 86 valence electrons. The largest absolute Gasteiger partial charge is 0.433 e. The Labute approximate surface area is 89.4 Å². The number of nitrogens with one attached hydrogen (secondary N) is 1. The maximum atomic E-state index is 12.2. The number of aromatic amines is 1. The van der Waals surface area contributed by atoms with Crippen LogP contribution in [0.1, 0.15) is 6.92 Å². The normalized spacial score (nSPS) is 11.2. The Morgan fingerprint density at radius 1 is 1.50 bits per heavy atom. The van der Waals surface area contributed by atoms with Crippen LogP contribution in [0.5, 0.6) is 5.75 Å². The van der Waals surface area contributed by atoms with Gasteiger partial charge < -0.3 is 4.74 Å². The van der Waals surface area contributed by atoms with E-state index < -0.39 is 6.61 Å². The summed E-state index contributed by atoms with van der Waals surface area (Å²) in [6, 6.07) is 4.49. The first-order valence-electron chi connectivity index (χ1n) is 4.79. The van der Waals surface area contributed by atoms with Crippen molar-refractivity contribution in [3.05, 3.63) is 28.6 Å². The number of fused-ring (bicyclic) bond motifs is 1. The third kappa shape index (κ3) is 1.66. The molecule has 16 heavy (non-hydrogen) atoms. The number of ether oxygens (including phenoxy) is 1. The van der Waals surface area contributed by atoms with Crippen LogP contribution < -0.4 is 10.3 Å². The molecule has 0 saturated carbocycles. The van der Waals surface area contributed by atoms with E-state index in [0.29, 0.717) is 17.4 Å². The number of para-hydroxylation sites is 1. The minimum absolute atomic E-state index is 0.00713. The molecule has 0 fully saturated rings. The highest BCUT2D eigenvalue weighted by Gasteiger charge is 2.13. The van der Waals surface area contributed by atoms with Crippen molar-refractivity contribution >= 4 is 10.9 Å². The number of H-pyrrole nitrogens is 1. The second kappa shape index (κ2) is 3.96. The Balaban J connectivity index is 2.69. The lowest BCUT2D eigenvalue weighted by molar-refractivity contribution is -0.0490. The molecule has 2 rings (SSSR count). The molecular weight excluding hydrogens is 218 g/mol. The van der Waals surface area contributed by atoms with Gasteiger partial charge in [0.05, 0.1) is 5.39 Å². The number of aryl methyl sites for hydroxylation is 1. The third-order valence-electron chi connectivity index (χ3n) is 2.28. The lowest BCUT2D eigenvalue weighted by atomic mass is 10.2. The van der Waals surface area contributed by atoms with Crippen molar-refractivity contribution in [2.24, 2.45) is 0 Å². The van der Waals surface area contributed by atoms with Gasteiger partial charge in [-0.3, -0.25) is 14.6 Å². The summed E-state index contributed by atoms with van der Waals surface area (Å²) in [6.07, 6.45) is 0. The van der Waals surface area contributed by atoms with Crippen LogP contribution in [0.25, 0.3) is 10.9 Å². The van der Waals surface area contributed by atoms with Crippen molar-refractivity contribution in [1.29, 1.82) is 0 Å². The fourth-order valence-corrected chi connectivity index (χ4v) is 1.65. The molecule has 4 nitrogen and oxygen atoms in total. The zero-order chi connectivity index (χ0) is 11.7. The van der Waals surface area contributed by atoms with Gasteiger partial charge >= 0.3 is 6.61 Å². The van der Waals surface area contributed by atoms with E-state index >= 15 is 0 Å². The summed E-state index contributed by atoms with van der Waals surface area (Å²) in [4.78, 5) is 11.5. The van der Waals surface area contributed by atoms with Crippen molar-refractivity contribution in [1.82, 2.24) is 9.78 Å². The molecular formula is C10H10F2N2O2. The molecule has 0 unspecified atom stereocenters. The number of hydrogen-bond donors (Lipinski definition) is 1. The molecule has 0 bridgehead atoms. The predicted molar refractivity (Wildman–Crippen MR) is 54.9 cm³/mol. The van der Waals surface area contributed by atoms with E-state index in [1.807, 2.05) is 0 Å². The first-order valence-corrected chi connectivity index (χ1v) is 4.79. The van der Waals surface area contributed by atoms with Gasteiger partial charge in [0.2, 0.25) is 0 Å². The Hall–Kier alpha value is -1.85. The van der Waals surface area contributed by atoms with Gasteiger partial charge in [-0.05, 0) is 19.1 Å². The molecule has 0 saturated heterocycles. The van der Waals surface area contributed by atoms with Crippen LogP contribution in [-0.2, 0) is 6.54 Å². The quantitative estimate of drug-likeness (QED) is 0.872. The molecule has 0 atom stereocenters. The Morgan fingerprint density at radius 2 is 2.25 bits per heavy atom. The number of aromatic nitrogens is 2. The van der Waals surface area contributed by atoms with Gasteiger partial charge in [0, 0.05) is 6.54 Å². The van der Waals surface area contributed by atoms with Crippen molar-refractivity contribution in [2.45, 2.75) is 20.1 Å². The molecule has 0 radical (unpaired) electrons. The number of nitrogens with zero attached hydrogens (tertiary/aromatic N) is 1. The molecule has 0 amide bonds. The van der Waals surface area contributed by atoms with Crippen LogP contribution in [0.4, 0.5) is 8.78 Å². The van der Waals surface area contributed by atoms with E-state index in [4.69, 9.17) is 0 Å². The average Bonchev–Trinajstić information content (AvgIpc) is 2.56. The molecule has 1 aromatic heterocycles. The first kappa shape index (κ1) is 10.7. The lowest BCUT2D eigenvalue weighted by Gasteiger charge is -2.07. The Morgan fingerprint density at radius 3 is 2.88 bits per heavy atom. The van der Waals surface area contributed by atoms with Gasteiger partial charge in [-0.1, -0.05) is 6.07 Å². The summed E-state index contributed by atoms with van der Waals surface area (Å²) >= 11 is 0. The third-order valence-corrected chi connectivity index (χ3v) is 2.28. The van der Waals surface area contributed by atoms with Crippen LogP contribution in [0.2, 0.25) is 0 Å². The summed E-state index contributed by atoms with van der Waals surface area (Å²) in [5, 5.41) is 2.90. The fourth-order valence-electron chi connectivity index (χ4n) is 1.65. The lowest BCUT2D eigenvalue weighted by Crippen LogP contribution is -2.05. The standard InChI is InChI=1S/C10H10F2N2O2/c1-2-14-8-6(9(15)13-14)4-3-5-7(8)16-10(11)12/h3-5,10H,2H2,1H3,(H,13,15). The first-order chi connectivity index (χ1) is 7.63. The van der Waals surface area contributed by atoms with Crippen molar-refractivity contribution < 1.29 is 13.5 Å². The van der Waals surface area contributed by atoms with Gasteiger partial charge in [0.25, 0.3) is 5.56 Å². The van der Waals surface area contributed by atoms with Gasteiger partial charge in [0.15, 0.2) is 5.75 Å². The monoisotopic (exact) mass is 228 g/mol. The van der Waals surface area contributed by atoms with Crippen LogP contribution >= 0.6 is 0 Å². The summed E-state index contributed by atoms with van der Waals surface area (Å²) in [5.74, 6) is 0.00713. The highest BCUT2D eigenvalue weighted by Crippen LogP contribution is 2.24. The van der Waals surface area contributed by atoms with Gasteiger partial charge in [-0.25, -0.2) is 0 Å². The molecule has 1 N–H and O–H groups in total. The summed E-state index contributed by atoms with van der Waals surface area (Å²) in [5.41, 5.74) is 0.0619. The Bertz CT molecular complexity index is 559. The highest BCUT2D eigenvalue weighted by molar-refractivity contribution is 5.84. The van der Waals surface area contributed by atoms with Crippen LogP contribution in [-0.4, -0.2) is 16.4 Å². The molecule has 0 aliphatic rings. The molecule has 0 aliphatic carbocycles. The maximum absolute atomic E-state index is 12.2. The number of hydrogen-bond acceptors (Lipinski definition) is 2. The molecule has 6 heteroatoms. The second-order valence-electron chi connectivity index (χ2n) is 3.22. The number of alkyl halides is 2. The van der Waals surface area contributed by atoms with E-state index in [1.165, 1.54) is 16.8 Å². The van der Waals surface area contributed by atoms with E-state index in [2.05, 4.69) is 9.84 Å². The van der Waals surface area contributed by atoms with E-state index in [9.17, 15) is 13.6 Å². The van der Waals surface area contributed by atoms with Crippen LogP contribution in [0.3, 0.4) is 0 Å². The summed E-state index contributed by atoms with van der Waals surface area (Å²) in [6.45, 7) is -0.627. The van der Waals surface area contributed by atoms with Crippen molar-refractivity contribution in [3.63, 3.8) is 0 Å². The van der Waals surface area contributed by atoms with Crippen LogP contribution in [0.15, 0.2) is 23.0 Å². The zero-order valence-corrected chi connectivity index (χ0v) is 8.54. The predicted octanol–water partition coefficient (Wildman–Crippen LogP) is 1.95. The van der Waals surface area contributed by atoms with Crippen LogP contribution in [0, 0.1) is 0 Å². The smallest absolute Gasteiger partial charge is 0.387 e. The topological polar surface area (TPSA) is 47.0 Å². The molecule has 0 aliphatic heterocycles. The Kier molecular flexibility index (Phi) is 2.64. The average molecular weight is 228 g/mol. The summed E-state index contributed by atoms with van der Waals surface area (Å²) in [7, 11) is 0. The summed E-state index contributed by atoms with van der Waals surface area (Å²) < 4.78 is 30.2. The molecule has 2 aromatic rings. The number of halogens is 2. The van der Waals surface area contributed by atoms with Gasteiger partial charge in [0.1, 0.15) is 5.52 Å². The van der Waals surface area contributed by atoms with Gasteiger partial charge in [-0.2, -0.15) is 8.78 Å². The maximum Gasteiger partial charge on any atom is 0.387 e. The highest BCUT2D eigenvalue weighted by atomic mass is 19.3. The van der Waals surface area contributed by atoms with Crippen molar-refractivity contribution in [2.75, 3.05) is 0 Å². The molecule has 1 aromatic carbocycles. The fraction of sp³-hybridized carbons (Fsp3) is 0.300. The second-order valence-corrected chi connectivity index (χ2v) is 3.22. The molecule has 0 spiro atoms. The zero-order valence-electron chi connectivity index (χ0n) is 8.54.